The number of para-hydroxylation sites is 1. The smallest absolute Gasteiger partial charge is 0.342 e. The molecule has 9 nitrogen and oxygen atoms in total. The number of ether oxygens (including phenoxy) is 4. The second kappa shape index (κ2) is 9.01. The van der Waals surface area contributed by atoms with Crippen molar-refractivity contribution in [2.75, 3.05) is 12.1 Å². The van der Waals surface area contributed by atoms with Crippen LogP contribution >= 0.6 is 0 Å². The summed E-state index contributed by atoms with van der Waals surface area (Å²) in [6, 6.07) is 11.7. The lowest BCUT2D eigenvalue weighted by Gasteiger charge is -2.15. The third-order valence-corrected chi connectivity index (χ3v) is 4.95. The van der Waals surface area contributed by atoms with E-state index in [2.05, 4.69) is 10.5 Å². The van der Waals surface area contributed by atoms with E-state index in [1.165, 1.54) is 6.92 Å². The maximum Gasteiger partial charge on any atom is 0.342 e. The number of rotatable bonds is 7. The molecule has 32 heavy (non-hydrogen) atoms. The molecule has 1 aromatic heterocycles. The molecule has 166 valence electrons. The first-order chi connectivity index (χ1) is 15.4. The summed E-state index contributed by atoms with van der Waals surface area (Å²) in [7, 11) is 0. The van der Waals surface area contributed by atoms with Gasteiger partial charge >= 0.3 is 5.97 Å². The molecule has 4 rings (SSSR count). The van der Waals surface area contributed by atoms with Crippen LogP contribution in [-0.2, 0) is 16.1 Å². The van der Waals surface area contributed by atoms with Crippen LogP contribution in [0.2, 0.25) is 0 Å². The number of esters is 1. The van der Waals surface area contributed by atoms with Gasteiger partial charge in [-0.3, -0.25) is 4.79 Å². The molecule has 3 aromatic rings. The molecule has 2 heterocycles. The first-order valence-corrected chi connectivity index (χ1v) is 9.97. The van der Waals surface area contributed by atoms with Crippen LogP contribution < -0.4 is 19.5 Å². The Hall–Kier alpha value is -4.01. The maximum absolute atomic E-state index is 12.7. The Kier molecular flexibility index (Phi) is 5.98. The Bertz CT molecular complexity index is 1140. The van der Waals surface area contributed by atoms with Gasteiger partial charge in [-0.25, -0.2) is 4.79 Å². The number of aryl methyl sites for hydroxylation is 2. The number of fused-ring (bicyclic) bond motifs is 1. The minimum atomic E-state index is -1.04. The van der Waals surface area contributed by atoms with Crippen LogP contribution in [0, 0.1) is 13.8 Å². The van der Waals surface area contributed by atoms with Gasteiger partial charge in [0.15, 0.2) is 17.6 Å². The largest absolute Gasteiger partial charge is 0.488 e. The first-order valence-electron chi connectivity index (χ1n) is 9.97. The molecule has 0 bridgehead atoms. The molecule has 9 heteroatoms. The molecule has 1 aliphatic rings. The number of aromatic nitrogens is 1. The molecule has 1 aliphatic heterocycles. The van der Waals surface area contributed by atoms with Gasteiger partial charge in [-0.1, -0.05) is 17.3 Å². The van der Waals surface area contributed by atoms with Crippen molar-refractivity contribution in [2.45, 2.75) is 33.5 Å². The van der Waals surface area contributed by atoms with Gasteiger partial charge in [0.1, 0.15) is 23.7 Å². The van der Waals surface area contributed by atoms with Gasteiger partial charge in [0.25, 0.3) is 5.91 Å². The van der Waals surface area contributed by atoms with Crippen molar-refractivity contribution in [3.8, 4) is 17.2 Å². The van der Waals surface area contributed by atoms with Gasteiger partial charge < -0.3 is 28.8 Å². The zero-order chi connectivity index (χ0) is 22.7. The summed E-state index contributed by atoms with van der Waals surface area (Å²) in [4.78, 5) is 25.2. The molecule has 1 N–H and O–H groups in total. The molecule has 0 saturated heterocycles. The van der Waals surface area contributed by atoms with Crippen LogP contribution in [0.15, 0.2) is 47.0 Å². The zero-order valence-corrected chi connectivity index (χ0v) is 17.8. The van der Waals surface area contributed by atoms with Crippen molar-refractivity contribution in [2.24, 2.45) is 0 Å². The van der Waals surface area contributed by atoms with Crippen LogP contribution in [0.5, 0.6) is 17.2 Å². The van der Waals surface area contributed by atoms with E-state index in [1.54, 1.807) is 49.4 Å². The van der Waals surface area contributed by atoms with Crippen molar-refractivity contribution < 1.29 is 33.1 Å². The maximum atomic E-state index is 12.7. The van der Waals surface area contributed by atoms with Crippen molar-refractivity contribution in [3.05, 3.63) is 65.0 Å². The molecule has 0 aliphatic carbocycles. The summed E-state index contributed by atoms with van der Waals surface area (Å²) < 4.78 is 26.9. The highest BCUT2D eigenvalue weighted by Crippen LogP contribution is 2.34. The highest BCUT2D eigenvalue weighted by atomic mass is 16.7. The third kappa shape index (κ3) is 4.51. The molecular weight excluding hydrogens is 416 g/mol. The Morgan fingerprint density at radius 2 is 1.91 bits per heavy atom. The van der Waals surface area contributed by atoms with Gasteiger partial charge in [0, 0.05) is 11.8 Å². The summed E-state index contributed by atoms with van der Waals surface area (Å²) in [5.41, 5.74) is 2.24. The summed E-state index contributed by atoms with van der Waals surface area (Å²) in [6.07, 6.45) is -1.04. The number of hydrogen-bond donors (Lipinski definition) is 1. The second-order valence-corrected chi connectivity index (χ2v) is 7.19. The Morgan fingerprint density at radius 3 is 2.69 bits per heavy atom. The van der Waals surface area contributed by atoms with Gasteiger partial charge in [-0.05, 0) is 45.0 Å². The van der Waals surface area contributed by atoms with Crippen LogP contribution in [0.4, 0.5) is 5.69 Å². The number of benzene rings is 2. The molecule has 0 spiro atoms. The van der Waals surface area contributed by atoms with E-state index in [9.17, 15) is 9.59 Å². The van der Waals surface area contributed by atoms with Crippen molar-refractivity contribution in [3.63, 3.8) is 0 Å². The SMILES string of the molecule is Cc1noc(C)c1COc1ccccc1C(=O)OC(C)C(=O)Nc1ccc2c(c1)OCO2. The lowest BCUT2D eigenvalue weighted by atomic mass is 10.2. The summed E-state index contributed by atoms with van der Waals surface area (Å²) in [5, 5.41) is 6.59. The van der Waals surface area contributed by atoms with Crippen LogP contribution in [0.3, 0.4) is 0 Å². The van der Waals surface area contributed by atoms with E-state index in [0.717, 1.165) is 11.3 Å². The standard InChI is InChI=1S/C23H22N2O7/c1-13-18(14(2)32-25-13)11-28-19-7-5-4-6-17(19)23(27)31-15(3)22(26)24-16-8-9-20-21(10-16)30-12-29-20/h4-10,15H,11-12H2,1-3H3,(H,24,26). The molecule has 0 fully saturated rings. The van der Waals surface area contributed by atoms with Crippen molar-refractivity contribution in [1.29, 1.82) is 0 Å². The second-order valence-electron chi connectivity index (χ2n) is 7.19. The minimum Gasteiger partial charge on any atom is -0.488 e. The third-order valence-electron chi connectivity index (χ3n) is 4.95. The minimum absolute atomic E-state index is 0.137. The Morgan fingerprint density at radius 1 is 1.12 bits per heavy atom. The fraction of sp³-hybridized carbons (Fsp3) is 0.261. The normalized spacial score (nSPS) is 12.8. The van der Waals surface area contributed by atoms with Gasteiger partial charge in [0.05, 0.1) is 11.3 Å². The molecule has 0 radical (unpaired) electrons. The summed E-state index contributed by atoms with van der Waals surface area (Å²) in [5.74, 6) is 0.976. The average Bonchev–Trinajstić information content (AvgIpc) is 3.38. The fourth-order valence-electron chi connectivity index (χ4n) is 3.11. The van der Waals surface area contributed by atoms with E-state index in [4.69, 9.17) is 23.5 Å². The molecule has 1 unspecified atom stereocenters. The average molecular weight is 438 g/mol. The Balaban J connectivity index is 1.39. The fourth-order valence-corrected chi connectivity index (χ4v) is 3.11. The van der Waals surface area contributed by atoms with E-state index in [-0.39, 0.29) is 19.0 Å². The van der Waals surface area contributed by atoms with E-state index < -0.39 is 18.0 Å². The number of hydrogen-bond acceptors (Lipinski definition) is 8. The number of amides is 1. The van der Waals surface area contributed by atoms with Crippen molar-refractivity contribution in [1.82, 2.24) is 5.16 Å². The van der Waals surface area contributed by atoms with Gasteiger partial charge in [-0.2, -0.15) is 0 Å². The lowest BCUT2D eigenvalue weighted by Crippen LogP contribution is -2.30. The monoisotopic (exact) mass is 438 g/mol. The van der Waals surface area contributed by atoms with Crippen LogP contribution in [0.1, 0.15) is 34.3 Å². The molecular formula is C23H22N2O7. The number of nitrogens with zero attached hydrogens (tertiary/aromatic N) is 1. The topological polar surface area (TPSA) is 109 Å². The predicted molar refractivity (Wildman–Crippen MR) is 113 cm³/mol. The first kappa shape index (κ1) is 21.2. The van der Waals surface area contributed by atoms with Gasteiger partial charge in [-0.15, -0.1) is 0 Å². The molecule has 2 aromatic carbocycles. The summed E-state index contributed by atoms with van der Waals surface area (Å²) in [6.45, 7) is 5.42. The molecule has 1 amide bonds. The van der Waals surface area contributed by atoms with Crippen molar-refractivity contribution >= 4 is 17.6 Å². The number of anilines is 1. The van der Waals surface area contributed by atoms with E-state index in [0.29, 0.717) is 28.7 Å². The van der Waals surface area contributed by atoms with Crippen LogP contribution in [-0.4, -0.2) is 29.9 Å². The number of carbonyl (C=O) groups is 2. The molecule has 1 atom stereocenters. The quantitative estimate of drug-likeness (QED) is 0.555. The zero-order valence-electron chi connectivity index (χ0n) is 17.8. The van der Waals surface area contributed by atoms with E-state index in [1.807, 2.05) is 6.92 Å². The van der Waals surface area contributed by atoms with Gasteiger partial charge in [0.2, 0.25) is 6.79 Å². The Labute approximate surface area is 184 Å². The highest BCUT2D eigenvalue weighted by molar-refractivity contribution is 5.98. The van der Waals surface area contributed by atoms with E-state index >= 15 is 0 Å². The lowest BCUT2D eigenvalue weighted by molar-refractivity contribution is -0.123. The molecule has 0 saturated carbocycles. The summed E-state index contributed by atoms with van der Waals surface area (Å²) >= 11 is 0. The van der Waals surface area contributed by atoms with Crippen LogP contribution in [0.25, 0.3) is 0 Å². The number of carbonyl (C=O) groups excluding carboxylic acids is 2. The predicted octanol–water partition coefficient (Wildman–Crippen LogP) is 3.78. The number of nitrogens with one attached hydrogen (secondary N) is 1. The highest BCUT2D eigenvalue weighted by Gasteiger charge is 2.23.